The van der Waals surface area contributed by atoms with Crippen LogP contribution in [0.1, 0.15) is 28.4 Å². The molecule has 0 radical (unpaired) electrons. The van der Waals surface area contributed by atoms with Gasteiger partial charge in [0.1, 0.15) is 5.82 Å². The van der Waals surface area contributed by atoms with Crippen LogP contribution in [0.4, 0.5) is 10.1 Å². The van der Waals surface area contributed by atoms with E-state index in [4.69, 9.17) is 0 Å². The number of pyridine rings is 1. The Bertz CT molecular complexity index is 1010. The van der Waals surface area contributed by atoms with Gasteiger partial charge < -0.3 is 14.8 Å². The highest BCUT2D eigenvalue weighted by molar-refractivity contribution is 7.99. The largest absolute Gasteiger partial charge is 0.338 e. The summed E-state index contributed by atoms with van der Waals surface area (Å²) in [6.07, 6.45) is 2.72. The van der Waals surface area contributed by atoms with E-state index in [0.29, 0.717) is 36.6 Å². The molecule has 6 nitrogen and oxygen atoms in total. The van der Waals surface area contributed by atoms with Gasteiger partial charge in [0, 0.05) is 42.9 Å². The summed E-state index contributed by atoms with van der Waals surface area (Å²) in [7, 11) is 0. The molecule has 2 aliphatic rings. The monoisotopic (exact) mass is 415 g/mol. The molecule has 1 fully saturated rings. The average Bonchev–Trinajstić information content (AvgIpc) is 2.70. The van der Waals surface area contributed by atoms with Crippen LogP contribution < -0.4 is 10.9 Å². The maximum Gasteiger partial charge on any atom is 0.253 e. The number of hydrogen-bond donors (Lipinski definition) is 1. The molecule has 1 saturated heterocycles. The molecule has 1 aromatic carbocycles. The third-order valence-corrected chi connectivity index (χ3v) is 6.07. The highest BCUT2D eigenvalue weighted by Crippen LogP contribution is 2.38. The molecule has 152 valence electrons. The fraction of sp³-hybridized carbons (Fsp3) is 0.381. The minimum Gasteiger partial charge on any atom is -0.338 e. The topological polar surface area (TPSA) is 71.4 Å². The molecular weight excluding hydrogens is 393 g/mol. The van der Waals surface area contributed by atoms with Crippen LogP contribution in [0.25, 0.3) is 0 Å². The minimum atomic E-state index is -0.379. The summed E-state index contributed by atoms with van der Waals surface area (Å²) in [5.41, 5.74) is 1.80. The number of hydrogen-bond acceptors (Lipinski definition) is 4. The first-order valence-corrected chi connectivity index (χ1v) is 10.9. The van der Waals surface area contributed by atoms with Crippen LogP contribution >= 0.6 is 11.8 Å². The number of likely N-dealkylation sites (tertiary alicyclic amines) is 1. The van der Waals surface area contributed by atoms with Gasteiger partial charge in [0.05, 0.1) is 11.4 Å². The number of carbonyl (C=O) groups is 2. The number of aromatic nitrogens is 1. The van der Waals surface area contributed by atoms with Gasteiger partial charge in [-0.3, -0.25) is 14.4 Å². The van der Waals surface area contributed by atoms with Crippen molar-refractivity contribution in [3.63, 3.8) is 0 Å². The number of nitrogens with zero attached hydrogens (tertiary/aromatic N) is 2. The van der Waals surface area contributed by atoms with E-state index in [-0.39, 0.29) is 35.0 Å². The van der Waals surface area contributed by atoms with Crippen LogP contribution in [0.3, 0.4) is 0 Å². The van der Waals surface area contributed by atoms with Gasteiger partial charge in [0.25, 0.3) is 11.5 Å². The Morgan fingerprint density at radius 3 is 2.62 bits per heavy atom. The molecular formula is C21H22FN3O3S. The Morgan fingerprint density at radius 1 is 1.14 bits per heavy atom. The molecule has 2 atom stereocenters. The Labute approximate surface area is 172 Å². The van der Waals surface area contributed by atoms with E-state index in [1.807, 2.05) is 6.26 Å². The Hall–Kier alpha value is -2.61. The van der Waals surface area contributed by atoms with E-state index >= 15 is 0 Å². The highest BCUT2D eigenvalue weighted by Gasteiger charge is 2.38. The Balaban J connectivity index is 1.63. The van der Waals surface area contributed by atoms with Gasteiger partial charge >= 0.3 is 0 Å². The van der Waals surface area contributed by atoms with Gasteiger partial charge in [-0.15, -0.1) is 0 Å². The Kier molecular flexibility index (Phi) is 5.45. The van der Waals surface area contributed by atoms with Gasteiger partial charge in [0.15, 0.2) is 0 Å². The average molecular weight is 415 g/mol. The lowest BCUT2D eigenvalue weighted by Crippen LogP contribution is -2.49. The third kappa shape index (κ3) is 3.94. The lowest BCUT2D eigenvalue weighted by Gasteiger charge is -2.43. The van der Waals surface area contributed by atoms with Crippen molar-refractivity contribution in [3.8, 4) is 0 Å². The number of amides is 2. The van der Waals surface area contributed by atoms with E-state index in [1.165, 1.54) is 42.1 Å². The lowest BCUT2D eigenvalue weighted by atomic mass is 9.82. The molecule has 0 unspecified atom stereocenters. The van der Waals surface area contributed by atoms with Crippen LogP contribution in [0, 0.1) is 11.7 Å². The third-order valence-electron chi connectivity index (χ3n) is 5.52. The fourth-order valence-electron chi connectivity index (χ4n) is 4.38. The highest BCUT2D eigenvalue weighted by atomic mass is 32.2. The molecule has 0 saturated carbocycles. The summed E-state index contributed by atoms with van der Waals surface area (Å²) in [6, 6.07) is 8.70. The van der Waals surface area contributed by atoms with Crippen LogP contribution in [0.2, 0.25) is 0 Å². The number of rotatable bonds is 4. The molecule has 2 amide bonds. The van der Waals surface area contributed by atoms with Crippen molar-refractivity contribution in [1.82, 2.24) is 9.47 Å². The summed E-state index contributed by atoms with van der Waals surface area (Å²) in [4.78, 5) is 39.3. The number of thioether (sulfide) groups is 1. The normalized spacial score (nSPS) is 20.1. The van der Waals surface area contributed by atoms with Crippen LogP contribution in [-0.4, -0.2) is 46.4 Å². The molecule has 4 rings (SSSR count). The van der Waals surface area contributed by atoms with Crippen molar-refractivity contribution in [3.05, 3.63) is 63.8 Å². The molecule has 3 heterocycles. The molecule has 29 heavy (non-hydrogen) atoms. The van der Waals surface area contributed by atoms with Crippen molar-refractivity contribution in [2.75, 3.05) is 30.4 Å². The minimum absolute atomic E-state index is 0.0367. The summed E-state index contributed by atoms with van der Waals surface area (Å²) < 4.78 is 14.9. The van der Waals surface area contributed by atoms with Gasteiger partial charge in [-0.25, -0.2) is 4.39 Å². The van der Waals surface area contributed by atoms with Gasteiger partial charge in [-0.05, 0) is 48.9 Å². The number of halogens is 1. The lowest BCUT2D eigenvalue weighted by molar-refractivity contribution is -0.113. The first kappa shape index (κ1) is 19.7. The second-order valence-electron chi connectivity index (χ2n) is 7.58. The standard InChI is InChI=1S/C21H22FN3O3S/c1-29-12-18(26)23-17-6-7-19(27)25-10-13-8-15(20(17)25)11-24(9-13)21(28)14-2-4-16(22)5-3-14/h2-7,13,15H,8-12H2,1H3,(H,23,26)/t13-,15-/m0/s1. The SMILES string of the molecule is CSCC(=O)Nc1ccc(=O)n2c1[C@H]1C[C@@H](CN(C(=O)c3ccc(F)cc3)C1)C2. The molecule has 0 spiro atoms. The zero-order chi connectivity index (χ0) is 20.5. The van der Waals surface area contributed by atoms with Gasteiger partial charge in [-0.1, -0.05) is 0 Å². The zero-order valence-corrected chi connectivity index (χ0v) is 16.9. The van der Waals surface area contributed by atoms with Gasteiger partial charge in [-0.2, -0.15) is 11.8 Å². The quantitative estimate of drug-likeness (QED) is 0.833. The predicted octanol–water partition coefficient (Wildman–Crippen LogP) is 2.55. The van der Waals surface area contributed by atoms with Crippen molar-refractivity contribution < 1.29 is 14.0 Å². The number of nitrogens with one attached hydrogen (secondary N) is 1. The second-order valence-corrected chi connectivity index (χ2v) is 8.44. The fourth-order valence-corrected chi connectivity index (χ4v) is 4.71. The second kappa shape index (κ2) is 8.02. The predicted molar refractivity (Wildman–Crippen MR) is 111 cm³/mol. The number of anilines is 1. The summed E-state index contributed by atoms with van der Waals surface area (Å²) >= 11 is 1.43. The maximum absolute atomic E-state index is 13.2. The van der Waals surface area contributed by atoms with Gasteiger partial charge in [0.2, 0.25) is 5.91 Å². The molecule has 8 heteroatoms. The number of benzene rings is 1. The zero-order valence-electron chi connectivity index (χ0n) is 16.1. The number of carbonyl (C=O) groups excluding carboxylic acids is 2. The van der Waals surface area contributed by atoms with E-state index in [0.717, 1.165) is 12.1 Å². The van der Waals surface area contributed by atoms with E-state index in [1.54, 1.807) is 15.5 Å². The molecule has 2 aromatic rings. The molecule has 2 aliphatic heterocycles. The summed E-state index contributed by atoms with van der Waals surface area (Å²) in [6.45, 7) is 1.54. The van der Waals surface area contributed by atoms with E-state index in [9.17, 15) is 18.8 Å². The first-order valence-electron chi connectivity index (χ1n) is 9.53. The van der Waals surface area contributed by atoms with E-state index < -0.39 is 0 Å². The first-order chi connectivity index (χ1) is 14.0. The molecule has 2 bridgehead atoms. The van der Waals surface area contributed by atoms with Crippen LogP contribution in [0.5, 0.6) is 0 Å². The van der Waals surface area contributed by atoms with Crippen molar-refractivity contribution >= 4 is 29.3 Å². The van der Waals surface area contributed by atoms with E-state index in [2.05, 4.69) is 5.32 Å². The van der Waals surface area contributed by atoms with Crippen LogP contribution in [-0.2, 0) is 11.3 Å². The summed E-state index contributed by atoms with van der Waals surface area (Å²) in [5, 5.41) is 2.92. The molecule has 1 N–H and O–H groups in total. The molecule has 0 aliphatic carbocycles. The summed E-state index contributed by atoms with van der Waals surface area (Å²) in [5.74, 6) is -0.168. The van der Waals surface area contributed by atoms with Crippen molar-refractivity contribution in [2.45, 2.75) is 18.9 Å². The molecule has 1 aromatic heterocycles. The van der Waals surface area contributed by atoms with Crippen LogP contribution in [0.15, 0.2) is 41.2 Å². The van der Waals surface area contributed by atoms with Crippen molar-refractivity contribution in [2.24, 2.45) is 5.92 Å². The van der Waals surface area contributed by atoms with Crippen molar-refractivity contribution in [1.29, 1.82) is 0 Å². The maximum atomic E-state index is 13.2. The Morgan fingerprint density at radius 2 is 1.90 bits per heavy atom. The number of piperidine rings is 1. The smallest absolute Gasteiger partial charge is 0.253 e. The number of fused-ring (bicyclic) bond motifs is 4.